The molecule has 1 aromatic rings. The maximum atomic E-state index is 11.2. The lowest BCUT2D eigenvalue weighted by Gasteiger charge is -2.32. The maximum Gasteiger partial charge on any atom is 0.239 e. The summed E-state index contributed by atoms with van der Waals surface area (Å²) in [6, 6.07) is 7.97. The van der Waals surface area contributed by atoms with Crippen molar-refractivity contribution in [3.8, 4) is 0 Å². The normalized spacial score (nSPS) is 19.7. The number of hydrogen-bond donors (Lipinski definition) is 1. The van der Waals surface area contributed by atoms with Gasteiger partial charge in [-0.2, -0.15) is 0 Å². The highest BCUT2D eigenvalue weighted by atomic mass is 35.5. The van der Waals surface area contributed by atoms with Crippen molar-refractivity contribution in [2.75, 3.05) is 29.2 Å². The van der Waals surface area contributed by atoms with Gasteiger partial charge in [-0.05, 0) is 43.0 Å². The van der Waals surface area contributed by atoms with Crippen LogP contribution < -0.4 is 10.2 Å². The number of rotatable bonds is 3. The highest BCUT2D eigenvalue weighted by Gasteiger charge is 2.16. The van der Waals surface area contributed by atoms with Crippen molar-refractivity contribution in [2.24, 2.45) is 5.92 Å². The molecule has 1 aromatic carbocycles. The average molecular weight is 267 g/mol. The molecule has 1 aliphatic rings. The van der Waals surface area contributed by atoms with E-state index in [0.29, 0.717) is 0 Å². The smallest absolute Gasteiger partial charge is 0.239 e. The van der Waals surface area contributed by atoms with Gasteiger partial charge in [-0.3, -0.25) is 4.79 Å². The Hall–Kier alpha value is -1.22. The van der Waals surface area contributed by atoms with Crippen LogP contribution in [0.25, 0.3) is 0 Å². The molecule has 0 unspecified atom stereocenters. The molecule has 1 atom stereocenters. The lowest BCUT2D eigenvalue weighted by atomic mass is 10.00. The summed E-state index contributed by atoms with van der Waals surface area (Å²) >= 11 is 5.45. The number of halogens is 1. The van der Waals surface area contributed by atoms with Gasteiger partial charge in [0.15, 0.2) is 0 Å². The van der Waals surface area contributed by atoms with Gasteiger partial charge in [-0.1, -0.05) is 6.92 Å². The Morgan fingerprint density at radius 2 is 2.17 bits per heavy atom. The van der Waals surface area contributed by atoms with Gasteiger partial charge in [0.25, 0.3) is 0 Å². The van der Waals surface area contributed by atoms with E-state index < -0.39 is 0 Å². The van der Waals surface area contributed by atoms with Crippen LogP contribution in [0.15, 0.2) is 24.3 Å². The summed E-state index contributed by atoms with van der Waals surface area (Å²) in [5, 5.41) is 2.74. The Kier molecular flexibility index (Phi) is 4.48. The maximum absolute atomic E-state index is 11.2. The molecular weight excluding hydrogens is 248 g/mol. The van der Waals surface area contributed by atoms with Gasteiger partial charge in [0.2, 0.25) is 5.91 Å². The Bertz CT molecular complexity index is 405. The van der Waals surface area contributed by atoms with Gasteiger partial charge in [-0.15, -0.1) is 11.6 Å². The fourth-order valence-electron chi connectivity index (χ4n) is 2.37. The average Bonchev–Trinajstić information content (AvgIpc) is 2.39. The SMILES string of the molecule is C[C@H]1CCCN(c2ccc(NC(=O)CCl)cc2)C1. The lowest BCUT2D eigenvalue weighted by Crippen LogP contribution is -2.34. The highest BCUT2D eigenvalue weighted by molar-refractivity contribution is 6.29. The number of nitrogens with zero attached hydrogens (tertiary/aromatic N) is 1. The number of amides is 1. The largest absolute Gasteiger partial charge is 0.371 e. The molecule has 1 heterocycles. The number of carbonyl (C=O) groups excluding carboxylic acids is 1. The number of hydrogen-bond acceptors (Lipinski definition) is 2. The first kappa shape index (κ1) is 13.2. The highest BCUT2D eigenvalue weighted by Crippen LogP contribution is 2.24. The van der Waals surface area contributed by atoms with Crippen molar-refractivity contribution in [2.45, 2.75) is 19.8 Å². The van der Waals surface area contributed by atoms with Crippen LogP contribution in [0.3, 0.4) is 0 Å². The molecule has 1 N–H and O–H groups in total. The van der Waals surface area contributed by atoms with E-state index in [2.05, 4.69) is 29.3 Å². The number of carbonyl (C=O) groups is 1. The van der Waals surface area contributed by atoms with Gasteiger partial charge in [0.05, 0.1) is 0 Å². The van der Waals surface area contributed by atoms with E-state index in [4.69, 9.17) is 11.6 Å². The molecule has 1 aliphatic heterocycles. The van der Waals surface area contributed by atoms with Gasteiger partial charge in [-0.25, -0.2) is 0 Å². The van der Waals surface area contributed by atoms with Gasteiger partial charge >= 0.3 is 0 Å². The zero-order chi connectivity index (χ0) is 13.0. The fraction of sp³-hybridized carbons (Fsp3) is 0.500. The summed E-state index contributed by atoms with van der Waals surface area (Å²) in [5.74, 6) is 0.580. The second kappa shape index (κ2) is 6.10. The molecule has 0 aliphatic carbocycles. The van der Waals surface area contributed by atoms with Crippen LogP contribution in [-0.2, 0) is 4.79 Å². The molecule has 3 nitrogen and oxygen atoms in total. The molecule has 18 heavy (non-hydrogen) atoms. The summed E-state index contributed by atoms with van der Waals surface area (Å²) < 4.78 is 0. The third kappa shape index (κ3) is 3.39. The van der Waals surface area contributed by atoms with E-state index in [1.807, 2.05) is 12.1 Å². The van der Waals surface area contributed by atoms with Crippen LogP contribution in [0.4, 0.5) is 11.4 Å². The fourth-order valence-corrected chi connectivity index (χ4v) is 2.44. The van der Waals surface area contributed by atoms with Crippen LogP contribution in [0.2, 0.25) is 0 Å². The van der Waals surface area contributed by atoms with Crippen molar-refractivity contribution in [3.05, 3.63) is 24.3 Å². The molecule has 98 valence electrons. The second-order valence-electron chi connectivity index (χ2n) is 4.92. The van der Waals surface area contributed by atoms with Crippen LogP contribution >= 0.6 is 11.6 Å². The van der Waals surface area contributed by atoms with Crippen LogP contribution in [-0.4, -0.2) is 24.9 Å². The molecule has 0 bridgehead atoms. The predicted octanol–water partition coefficient (Wildman–Crippen LogP) is 3.10. The number of anilines is 2. The van der Waals surface area contributed by atoms with Crippen LogP contribution in [0.1, 0.15) is 19.8 Å². The van der Waals surface area contributed by atoms with Crippen molar-refractivity contribution in [3.63, 3.8) is 0 Å². The molecule has 1 saturated heterocycles. The number of nitrogens with one attached hydrogen (secondary N) is 1. The van der Waals surface area contributed by atoms with E-state index in [-0.39, 0.29) is 11.8 Å². The second-order valence-corrected chi connectivity index (χ2v) is 5.19. The van der Waals surface area contributed by atoms with Crippen molar-refractivity contribution >= 4 is 28.9 Å². The number of benzene rings is 1. The monoisotopic (exact) mass is 266 g/mol. The zero-order valence-corrected chi connectivity index (χ0v) is 11.4. The summed E-state index contributed by atoms with van der Waals surface area (Å²) in [7, 11) is 0. The summed E-state index contributed by atoms with van der Waals surface area (Å²) in [4.78, 5) is 13.6. The van der Waals surface area contributed by atoms with Gasteiger partial charge in [0, 0.05) is 24.5 Å². The molecule has 0 aromatic heterocycles. The first-order valence-corrected chi connectivity index (χ1v) is 6.93. The van der Waals surface area contributed by atoms with Gasteiger partial charge < -0.3 is 10.2 Å². The molecule has 2 rings (SSSR count). The third-order valence-corrected chi connectivity index (χ3v) is 3.54. The molecule has 1 fully saturated rings. The summed E-state index contributed by atoms with van der Waals surface area (Å²) in [6.45, 7) is 4.53. The van der Waals surface area contributed by atoms with Crippen LogP contribution in [0, 0.1) is 5.92 Å². The zero-order valence-electron chi connectivity index (χ0n) is 10.7. The first-order valence-electron chi connectivity index (χ1n) is 6.40. The first-order chi connectivity index (χ1) is 8.69. The summed E-state index contributed by atoms with van der Waals surface area (Å²) in [5.41, 5.74) is 2.03. The summed E-state index contributed by atoms with van der Waals surface area (Å²) in [6.07, 6.45) is 2.58. The molecular formula is C14H19ClN2O. The van der Waals surface area contributed by atoms with Gasteiger partial charge in [0.1, 0.15) is 5.88 Å². The molecule has 0 spiro atoms. The van der Waals surface area contributed by atoms with E-state index in [1.54, 1.807) is 0 Å². The Morgan fingerprint density at radius 3 is 2.78 bits per heavy atom. The topological polar surface area (TPSA) is 32.3 Å². The predicted molar refractivity (Wildman–Crippen MR) is 76.4 cm³/mol. The third-order valence-electron chi connectivity index (χ3n) is 3.29. The lowest BCUT2D eigenvalue weighted by molar-refractivity contribution is -0.113. The minimum Gasteiger partial charge on any atom is -0.371 e. The van der Waals surface area contributed by atoms with E-state index in [0.717, 1.165) is 24.7 Å². The van der Waals surface area contributed by atoms with Crippen molar-refractivity contribution in [1.82, 2.24) is 0 Å². The minimum absolute atomic E-state index is 0.00854. The molecule has 0 saturated carbocycles. The number of alkyl halides is 1. The standard InChI is InChI=1S/C14H19ClN2O/c1-11-3-2-8-17(10-11)13-6-4-12(5-7-13)16-14(18)9-15/h4-7,11H,2-3,8-10H2,1H3,(H,16,18)/t11-/m0/s1. The van der Waals surface area contributed by atoms with E-state index in [9.17, 15) is 4.79 Å². The van der Waals surface area contributed by atoms with E-state index >= 15 is 0 Å². The molecule has 1 amide bonds. The quantitative estimate of drug-likeness (QED) is 0.853. The van der Waals surface area contributed by atoms with E-state index in [1.165, 1.54) is 18.5 Å². The number of piperidine rings is 1. The van der Waals surface area contributed by atoms with Crippen LogP contribution in [0.5, 0.6) is 0 Å². The van der Waals surface area contributed by atoms with Crippen molar-refractivity contribution in [1.29, 1.82) is 0 Å². The minimum atomic E-state index is -0.170. The molecule has 0 radical (unpaired) electrons. The Labute approximate surface area is 113 Å². The Morgan fingerprint density at radius 1 is 1.44 bits per heavy atom. The van der Waals surface area contributed by atoms with Crippen molar-refractivity contribution < 1.29 is 4.79 Å². The Balaban J connectivity index is 2.00. The molecule has 4 heteroatoms.